The maximum Gasteiger partial charge on any atom is 0.319 e. The standard InChI is InChI=1S/C37H38F2N6O4/c1-5-24-27(38)10-9-22-17-23(46)18-25(30(22)24)32-31(39)33-26(19-40-32)34(43(4)20-28-36(3,48)13-16-45(28)29(47)6-2)42-35(41-33)49-21-37-11-7-14-44(37)15-8-12-37/h1,6,9-10,17-19,28,46,48H,2,7-8,11-16,20-21H2,3-4H3/t28-,36?/m1/s1. The Morgan fingerprint density at radius 1 is 1.20 bits per heavy atom. The molecule has 2 N–H and O–H groups in total. The lowest BCUT2D eigenvalue weighted by molar-refractivity contribution is -0.128. The third kappa shape index (κ3) is 5.51. The third-order valence-corrected chi connectivity index (χ3v) is 10.6. The van der Waals surface area contributed by atoms with Crippen LogP contribution in [-0.2, 0) is 4.79 Å². The first kappa shape index (κ1) is 32.7. The molecule has 3 aliphatic rings. The molecule has 0 aliphatic carbocycles. The van der Waals surface area contributed by atoms with Gasteiger partial charge in [0.25, 0.3) is 0 Å². The van der Waals surface area contributed by atoms with Crippen LogP contribution in [-0.4, -0.2) is 97.9 Å². The van der Waals surface area contributed by atoms with Crippen LogP contribution in [0.5, 0.6) is 11.8 Å². The van der Waals surface area contributed by atoms with Gasteiger partial charge in [-0.15, -0.1) is 6.42 Å². The molecule has 3 saturated heterocycles. The largest absolute Gasteiger partial charge is 0.508 e. The smallest absolute Gasteiger partial charge is 0.319 e. The van der Waals surface area contributed by atoms with Crippen LogP contribution < -0.4 is 9.64 Å². The first-order chi connectivity index (χ1) is 23.5. The van der Waals surface area contributed by atoms with Crippen LogP contribution in [0.25, 0.3) is 32.9 Å². The number of likely N-dealkylation sites (tertiary alicyclic amines) is 1. The lowest BCUT2D eigenvalue weighted by Gasteiger charge is -2.35. The Labute approximate surface area is 283 Å². The van der Waals surface area contributed by atoms with Crippen LogP contribution in [0, 0.1) is 24.0 Å². The zero-order valence-corrected chi connectivity index (χ0v) is 27.5. The van der Waals surface area contributed by atoms with Gasteiger partial charge in [0, 0.05) is 37.3 Å². The highest BCUT2D eigenvalue weighted by atomic mass is 19.1. The molecule has 254 valence electrons. The molecule has 3 fully saturated rings. The molecule has 1 unspecified atom stereocenters. The minimum atomic E-state index is -1.19. The molecule has 2 atom stereocenters. The van der Waals surface area contributed by atoms with Crippen molar-refractivity contribution in [1.82, 2.24) is 24.8 Å². The number of nitrogens with zero attached hydrogens (tertiary/aromatic N) is 6. The number of aromatic nitrogens is 3. The average molecular weight is 669 g/mol. The fourth-order valence-electron chi connectivity index (χ4n) is 8.00. The summed E-state index contributed by atoms with van der Waals surface area (Å²) < 4.78 is 38.1. The van der Waals surface area contributed by atoms with Crippen molar-refractivity contribution in [1.29, 1.82) is 0 Å². The van der Waals surface area contributed by atoms with E-state index < -0.39 is 23.3 Å². The number of fused-ring (bicyclic) bond motifs is 3. The number of amides is 1. The van der Waals surface area contributed by atoms with E-state index in [0.717, 1.165) is 38.8 Å². The Bertz CT molecular complexity index is 2040. The highest BCUT2D eigenvalue weighted by Crippen LogP contribution is 2.41. The van der Waals surface area contributed by atoms with Crippen LogP contribution in [0.1, 0.15) is 44.6 Å². The molecule has 12 heteroatoms. The summed E-state index contributed by atoms with van der Waals surface area (Å²) in [5.41, 5.74) is -1.59. The first-order valence-corrected chi connectivity index (χ1v) is 16.5. The summed E-state index contributed by atoms with van der Waals surface area (Å²) >= 11 is 0. The van der Waals surface area contributed by atoms with Crippen molar-refractivity contribution in [2.24, 2.45) is 0 Å². The molecule has 3 aliphatic heterocycles. The van der Waals surface area contributed by atoms with E-state index in [1.54, 1.807) is 23.8 Å². The quantitative estimate of drug-likeness (QED) is 0.202. The Hall–Kier alpha value is -4.86. The number of phenols is 1. The number of halogens is 2. The number of aliphatic hydroxyl groups is 1. The molecular weight excluding hydrogens is 630 g/mol. The van der Waals surface area contributed by atoms with Gasteiger partial charge in [0.1, 0.15) is 35.2 Å². The molecule has 10 nitrogen and oxygen atoms in total. The van der Waals surface area contributed by atoms with E-state index in [4.69, 9.17) is 16.1 Å². The van der Waals surface area contributed by atoms with Crippen LogP contribution in [0.2, 0.25) is 0 Å². The van der Waals surface area contributed by atoms with E-state index in [9.17, 15) is 19.4 Å². The molecule has 49 heavy (non-hydrogen) atoms. The molecule has 2 aromatic heterocycles. The van der Waals surface area contributed by atoms with Crippen molar-refractivity contribution in [2.75, 3.05) is 44.7 Å². The van der Waals surface area contributed by atoms with Crippen molar-refractivity contribution in [3.8, 4) is 35.4 Å². The van der Waals surface area contributed by atoms with Crippen LogP contribution in [0.3, 0.4) is 0 Å². The van der Waals surface area contributed by atoms with E-state index in [0.29, 0.717) is 25.0 Å². The first-order valence-electron chi connectivity index (χ1n) is 16.5. The number of benzene rings is 2. The second-order valence-electron chi connectivity index (χ2n) is 13.6. The number of pyridine rings is 1. The third-order valence-electron chi connectivity index (χ3n) is 10.6. The van der Waals surface area contributed by atoms with Crippen molar-refractivity contribution in [2.45, 2.75) is 56.2 Å². The number of hydrogen-bond donors (Lipinski definition) is 2. The van der Waals surface area contributed by atoms with Crippen LogP contribution in [0.15, 0.2) is 43.1 Å². The van der Waals surface area contributed by atoms with Gasteiger partial charge in [-0.1, -0.05) is 18.6 Å². The summed E-state index contributed by atoms with van der Waals surface area (Å²) in [4.78, 5) is 32.2. The number of carbonyl (C=O) groups excluding carboxylic acids is 1. The summed E-state index contributed by atoms with van der Waals surface area (Å²) in [6, 6.07) is 4.73. The Balaban J connectivity index is 1.36. The molecule has 2 aromatic carbocycles. The van der Waals surface area contributed by atoms with Gasteiger partial charge in [-0.3, -0.25) is 14.7 Å². The highest BCUT2D eigenvalue weighted by Gasteiger charge is 2.46. The minimum absolute atomic E-state index is 0.0353. The lowest BCUT2D eigenvalue weighted by atomic mass is 9.95. The average Bonchev–Trinajstić information content (AvgIpc) is 3.75. The summed E-state index contributed by atoms with van der Waals surface area (Å²) in [6.45, 7) is 8.13. The van der Waals surface area contributed by atoms with Gasteiger partial charge in [0.2, 0.25) is 5.91 Å². The lowest BCUT2D eigenvalue weighted by Crippen LogP contribution is -2.51. The second-order valence-corrected chi connectivity index (χ2v) is 13.6. The Morgan fingerprint density at radius 2 is 1.96 bits per heavy atom. The van der Waals surface area contributed by atoms with Gasteiger partial charge in [-0.05, 0) is 81.8 Å². The molecule has 0 bridgehead atoms. The molecule has 0 spiro atoms. The summed E-state index contributed by atoms with van der Waals surface area (Å²) in [5.74, 6) is 0.666. The molecule has 0 saturated carbocycles. The number of anilines is 1. The number of phenolic OH excluding ortho intramolecular Hbond substituents is 1. The molecule has 7 rings (SSSR count). The number of likely N-dealkylation sites (N-methyl/N-ethyl adjacent to an activating group) is 1. The van der Waals surface area contributed by atoms with Crippen molar-refractivity contribution >= 4 is 33.4 Å². The normalized spacial score (nSPS) is 21.6. The Kier molecular flexibility index (Phi) is 8.16. The fourth-order valence-corrected chi connectivity index (χ4v) is 8.00. The number of ether oxygens (including phenoxy) is 1. The van der Waals surface area contributed by atoms with E-state index in [-0.39, 0.29) is 68.7 Å². The molecule has 1 amide bonds. The molecule has 5 heterocycles. The van der Waals surface area contributed by atoms with Gasteiger partial charge in [0.05, 0.1) is 28.1 Å². The van der Waals surface area contributed by atoms with E-state index in [2.05, 4.69) is 27.4 Å². The van der Waals surface area contributed by atoms with Gasteiger partial charge in [-0.2, -0.15) is 9.97 Å². The van der Waals surface area contributed by atoms with Gasteiger partial charge in [-0.25, -0.2) is 8.78 Å². The number of hydrogen-bond acceptors (Lipinski definition) is 9. The van der Waals surface area contributed by atoms with E-state index in [1.807, 2.05) is 0 Å². The van der Waals surface area contributed by atoms with Crippen molar-refractivity contribution in [3.63, 3.8) is 0 Å². The minimum Gasteiger partial charge on any atom is -0.508 e. The van der Waals surface area contributed by atoms with E-state index >= 15 is 4.39 Å². The zero-order chi connectivity index (χ0) is 34.7. The second kappa shape index (κ2) is 12.2. The fraction of sp³-hybridized carbons (Fsp3) is 0.405. The summed E-state index contributed by atoms with van der Waals surface area (Å²) in [6.07, 6.45) is 12.8. The highest BCUT2D eigenvalue weighted by molar-refractivity contribution is 6.03. The monoisotopic (exact) mass is 668 g/mol. The molecule has 0 radical (unpaired) electrons. The van der Waals surface area contributed by atoms with E-state index in [1.165, 1.54) is 36.5 Å². The van der Waals surface area contributed by atoms with Crippen molar-refractivity contribution < 1.29 is 28.5 Å². The maximum atomic E-state index is 16.9. The summed E-state index contributed by atoms with van der Waals surface area (Å²) in [5, 5.41) is 22.7. The zero-order valence-electron chi connectivity index (χ0n) is 27.5. The number of aromatic hydroxyl groups is 1. The molecule has 4 aromatic rings. The van der Waals surface area contributed by atoms with Gasteiger partial charge in [0.15, 0.2) is 5.82 Å². The molecular formula is C37H38F2N6O4. The SMILES string of the molecule is C#Cc1c(F)ccc2cc(O)cc(-c3ncc4c(N(C)C[C@H]5N(C(=O)C=C)CCC5(C)O)nc(OCC56CCCN5CCC6)nc4c3F)c12. The number of rotatable bonds is 8. The topological polar surface area (TPSA) is 115 Å². The summed E-state index contributed by atoms with van der Waals surface area (Å²) in [7, 11) is 1.74. The predicted octanol–water partition coefficient (Wildman–Crippen LogP) is 4.79. The number of terminal acetylenes is 1. The van der Waals surface area contributed by atoms with Crippen LogP contribution in [0.4, 0.5) is 14.6 Å². The van der Waals surface area contributed by atoms with Gasteiger partial charge >= 0.3 is 6.01 Å². The van der Waals surface area contributed by atoms with Crippen LogP contribution >= 0.6 is 0 Å². The van der Waals surface area contributed by atoms with Gasteiger partial charge < -0.3 is 24.7 Å². The Morgan fingerprint density at radius 3 is 2.67 bits per heavy atom. The predicted molar refractivity (Wildman–Crippen MR) is 182 cm³/mol. The number of carbonyl (C=O) groups is 1. The maximum absolute atomic E-state index is 16.9. The van der Waals surface area contributed by atoms with Crippen molar-refractivity contribution in [3.05, 3.63) is 60.3 Å².